The molecule has 0 unspecified atom stereocenters. The Bertz CT molecular complexity index is 714. The van der Waals surface area contributed by atoms with E-state index < -0.39 is 0 Å². The Morgan fingerprint density at radius 3 is 1.57 bits per heavy atom. The molecule has 1 aromatic rings. The monoisotopic (exact) mass is 518 g/mol. The zero-order valence-corrected chi connectivity index (χ0v) is 25.3. The predicted molar refractivity (Wildman–Crippen MR) is 164 cm³/mol. The number of nitrogens with one attached hydrogen (secondary N) is 1. The van der Waals surface area contributed by atoms with Gasteiger partial charge in [0, 0.05) is 12.1 Å². The van der Waals surface area contributed by atoms with E-state index in [0.717, 1.165) is 25.4 Å². The maximum absolute atomic E-state index is 11.7. The number of anilines is 1. The van der Waals surface area contributed by atoms with Gasteiger partial charge < -0.3 is 10.2 Å². The first-order valence-electron chi connectivity index (χ1n) is 16.3. The first-order valence-corrected chi connectivity index (χ1v) is 16.3. The van der Waals surface area contributed by atoms with Crippen molar-refractivity contribution in [2.24, 2.45) is 5.92 Å². The van der Waals surface area contributed by atoms with Crippen molar-refractivity contribution in [3.05, 3.63) is 26.0 Å². The van der Waals surface area contributed by atoms with Crippen LogP contribution in [0, 0.1) is 12.8 Å². The summed E-state index contributed by atoms with van der Waals surface area (Å²) >= 11 is 0. The zero-order valence-electron chi connectivity index (χ0n) is 25.3. The lowest BCUT2D eigenvalue weighted by Crippen LogP contribution is -2.37. The van der Waals surface area contributed by atoms with Gasteiger partial charge in [0.05, 0.1) is 5.69 Å². The molecule has 0 radical (unpaired) electrons. The lowest BCUT2D eigenvalue weighted by atomic mass is 9.90. The van der Waals surface area contributed by atoms with Gasteiger partial charge in [-0.3, -0.25) is 9.59 Å². The van der Waals surface area contributed by atoms with Gasteiger partial charge in [-0.15, -0.1) is 0 Å². The van der Waals surface area contributed by atoms with Crippen molar-refractivity contribution in [1.82, 2.24) is 4.90 Å². The molecule has 216 valence electrons. The van der Waals surface area contributed by atoms with E-state index in [1.54, 1.807) is 6.92 Å². The average Bonchev–Trinajstić information content (AvgIpc) is 2.91. The Morgan fingerprint density at radius 1 is 0.568 bits per heavy atom. The van der Waals surface area contributed by atoms with E-state index in [0.29, 0.717) is 11.3 Å². The highest BCUT2D eigenvalue weighted by atomic mass is 16.2. The number of hydrogen-bond acceptors (Lipinski definition) is 4. The first kappa shape index (κ1) is 33.9. The van der Waals surface area contributed by atoms with Crippen LogP contribution in [-0.2, 0) is 0 Å². The first-order chi connectivity index (χ1) is 18.0. The maximum atomic E-state index is 11.7. The van der Waals surface area contributed by atoms with Crippen molar-refractivity contribution in [3.8, 4) is 0 Å². The fraction of sp³-hybridized carbons (Fsp3) is 0.879. The molecule has 0 aliphatic carbocycles. The van der Waals surface area contributed by atoms with E-state index in [4.69, 9.17) is 0 Å². The Labute approximate surface area is 230 Å². The fourth-order valence-corrected chi connectivity index (χ4v) is 5.58. The van der Waals surface area contributed by atoms with Crippen molar-refractivity contribution >= 4 is 5.69 Å². The van der Waals surface area contributed by atoms with Crippen LogP contribution in [0.4, 0.5) is 5.69 Å². The van der Waals surface area contributed by atoms with Gasteiger partial charge in [0.1, 0.15) is 0 Å². The highest BCUT2D eigenvalue weighted by Crippen LogP contribution is 2.23. The van der Waals surface area contributed by atoms with Crippen LogP contribution in [0.25, 0.3) is 0 Å². The van der Waals surface area contributed by atoms with Gasteiger partial charge in [0.25, 0.3) is 0 Å². The normalized spacial score (nSPS) is 11.8. The van der Waals surface area contributed by atoms with E-state index in [-0.39, 0.29) is 10.9 Å². The lowest BCUT2D eigenvalue weighted by Gasteiger charge is -2.23. The molecule has 0 aliphatic rings. The Morgan fingerprint density at radius 2 is 1.03 bits per heavy atom. The molecular weight excluding hydrogens is 456 g/mol. The summed E-state index contributed by atoms with van der Waals surface area (Å²) in [4.78, 5) is 25.7. The molecule has 1 N–H and O–H groups in total. The van der Waals surface area contributed by atoms with E-state index in [9.17, 15) is 9.59 Å². The second-order valence-electron chi connectivity index (χ2n) is 11.6. The van der Waals surface area contributed by atoms with Crippen LogP contribution in [0.15, 0.2) is 9.59 Å². The van der Waals surface area contributed by atoms with E-state index in [1.807, 2.05) is 0 Å². The van der Waals surface area contributed by atoms with Crippen molar-refractivity contribution in [2.45, 2.75) is 156 Å². The van der Waals surface area contributed by atoms with Crippen LogP contribution in [0.5, 0.6) is 0 Å². The van der Waals surface area contributed by atoms with Gasteiger partial charge >= 0.3 is 0 Å². The Balaban J connectivity index is 2.22. The molecule has 0 saturated heterocycles. The fourth-order valence-electron chi connectivity index (χ4n) is 5.58. The predicted octanol–water partition coefficient (Wildman–Crippen LogP) is 8.78. The second kappa shape index (κ2) is 22.8. The summed E-state index contributed by atoms with van der Waals surface area (Å²) in [5.74, 6) is 0.980. The van der Waals surface area contributed by atoms with Gasteiger partial charge in [-0.2, -0.15) is 0 Å². The molecule has 0 aliphatic heterocycles. The molecule has 1 rings (SSSR count). The molecule has 0 amide bonds. The van der Waals surface area contributed by atoms with Crippen LogP contribution in [0.3, 0.4) is 0 Å². The van der Waals surface area contributed by atoms with Crippen LogP contribution in [-0.4, -0.2) is 31.1 Å². The van der Waals surface area contributed by atoms with Gasteiger partial charge in [0.15, 0.2) is 0 Å². The van der Waals surface area contributed by atoms with Crippen molar-refractivity contribution < 1.29 is 0 Å². The standard InChI is InChI=1S/C33H62N2O2/c1-5-8-11-12-16-19-26-35(28-21-25-34-31-29(4)32(36)33(31)37)27-20-17-14-13-15-18-24-30(22-9-6-2)23-10-7-3/h30,34H,5-28H2,1-4H3. The minimum absolute atomic E-state index is 0.319. The molecule has 0 spiro atoms. The molecule has 0 aromatic heterocycles. The van der Waals surface area contributed by atoms with Crippen LogP contribution in [0.1, 0.15) is 155 Å². The number of hydrogen-bond donors (Lipinski definition) is 1. The third kappa shape index (κ3) is 15.8. The Kier molecular flexibility index (Phi) is 20.9. The van der Waals surface area contributed by atoms with Crippen LogP contribution in [0.2, 0.25) is 0 Å². The molecule has 0 heterocycles. The van der Waals surface area contributed by atoms with E-state index >= 15 is 0 Å². The summed E-state index contributed by atoms with van der Waals surface area (Å²) < 4.78 is 0. The van der Waals surface area contributed by atoms with Gasteiger partial charge in [-0.05, 0) is 51.7 Å². The lowest BCUT2D eigenvalue weighted by molar-refractivity contribution is 0.259. The summed E-state index contributed by atoms with van der Waals surface area (Å²) in [5, 5.41) is 3.20. The third-order valence-electron chi connectivity index (χ3n) is 8.20. The van der Waals surface area contributed by atoms with Gasteiger partial charge in [-0.25, -0.2) is 0 Å². The molecule has 4 heteroatoms. The quantitative estimate of drug-likeness (QED) is 0.0934. The highest BCUT2D eigenvalue weighted by Gasteiger charge is 2.15. The highest BCUT2D eigenvalue weighted by molar-refractivity contribution is 5.55. The van der Waals surface area contributed by atoms with E-state index in [2.05, 4.69) is 31.0 Å². The minimum atomic E-state index is -0.334. The van der Waals surface area contributed by atoms with Crippen LogP contribution < -0.4 is 16.2 Å². The van der Waals surface area contributed by atoms with Crippen molar-refractivity contribution in [1.29, 1.82) is 0 Å². The number of rotatable bonds is 27. The van der Waals surface area contributed by atoms with Crippen molar-refractivity contribution in [2.75, 3.05) is 31.5 Å². The smallest absolute Gasteiger partial charge is 0.249 e. The summed E-state index contributed by atoms with van der Waals surface area (Å²) in [6, 6.07) is 0. The molecule has 1 aromatic carbocycles. The molecule has 0 bridgehead atoms. The maximum Gasteiger partial charge on any atom is 0.249 e. The van der Waals surface area contributed by atoms with Crippen LogP contribution >= 0.6 is 0 Å². The molecule has 0 saturated carbocycles. The zero-order chi connectivity index (χ0) is 27.1. The Hall–Kier alpha value is -1.16. The second-order valence-corrected chi connectivity index (χ2v) is 11.6. The molecule has 4 nitrogen and oxygen atoms in total. The SMILES string of the molecule is CCCCCCCCN(CCCCCCCCC(CCCC)CCCC)CCCNc1c(C)c(=O)c1=O. The molecule has 37 heavy (non-hydrogen) atoms. The minimum Gasteiger partial charge on any atom is -0.381 e. The third-order valence-corrected chi connectivity index (χ3v) is 8.20. The largest absolute Gasteiger partial charge is 0.381 e. The van der Waals surface area contributed by atoms with Crippen molar-refractivity contribution in [3.63, 3.8) is 0 Å². The number of nitrogens with zero attached hydrogens (tertiary/aromatic N) is 1. The summed E-state index contributed by atoms with van der Waals surface area (Å²) in [6.07, 6.45) is 27.2. The summed E-state index contributed by atoms with van der Waals surface area (Å²) in [6.45, 7) is 12.9. The average molecular weight is 519 g/mol. The summed E-state index contributed by atoms with van der Waals surface area (Å²) in [7, 11) is 0. The molecule has 0 atom stereocenters. The summed E-state index contributed by atoms with van der Waals surface area (Å²) in [5.41, 5.74) is 0.500. The van der Waals surface area contributed by atoms with E-state index in [1.165, 1.54) is 135 Å². The number of unbranched alkanes of at least 4 members (excludes halogenated alkanes) is 12. The molecule has 0 fully saturated rings. The topological polar surface area (TPSA) is 49.4 Å². The molecular formula is C33H62N2O2. The van der Waals surface area contributed by atoms with Gasteiger partial charge in [0.2, 0.25) is 10.9 Å². The van der Waals surface area contributed by atoms with Gasteiger partial charge in [-0.1, -0.05) is 130 Å².